The molecule has 0 unspecified atom stereocenters. The van der Waals surface area contributed by atoms with E-state index < -0.39 is 5.97 Å². The second-order valence-electron chi connectivity index (χ2n) is 4.05. The quantitative estimate of drug-likeness (QED) is 0.908. The number of methoxy groups -OCH3 is 1. The molecule has 92 valence electrons. The number of carboxylic acids is 1. The molecule has 0 spiro atoms. The lowest BCUT2D eigenvalue weighted by molar-refractivity contribution is 0.0696. The first-order chi connectivity index (χ1) is 8.11. The Morgan fingerprint density at radius 3 is 2.76 bits per heavy atom. The van der Waals surface area contributed by atoms with Crippen LogP contribution in [0.1, 0.15) is 23.2 Å². The fraction of sp³-hybridized carbons (Fsp3) is 0.417. The van der Waals surface area contributed by atoms with E-state index in [-0.39, 0.29) is 5.56 Å². The number of rotatable bonds is 5. The summed E-state index contributed by atoms with van der Waals surface area (Å²) in [4.78, 5) is 10.9. The molecule has 0 bridgehead atoms. The zero-order valence-electron chi connectivity index (χ0n) is 9.40. The van der Waals surface area contributed by atoms with Crippen LogP contribution in [0.4, 0.5) is 0 Å². The molecule has 1 aliphatic rings. The average Bonchev–Trinajstić information content (AvgIpc) is 3.09. The molecule has 2 rings (SSSR count). The van der Waals surface area contributed by atoms with Crippen LogP contribution >= 0.6 is 15.9 Å². The number of hydrogen-bond donors (Lipinski definition) is 1. The van der Waals surface area contributed by atoms with Crippen molar-refractivity contribution in [3.05, 3.63) is 22.2 Å². The van der Waals surface area contributed by atoms with E-state index in [0.717, 1.165) is 0 Å². The van der Waals surface area contributed by atoms with Gasteiger partial charge in [0.25, 0.3) is 0 Å². The molecule has 0 aromatic heterocycles. The maximum absolute atomic E-state index is 10.9. The third kappa shape index (κ3) is 2.91. The van der Waals surface area contributed by atoms with Gasteiger partial charge >= 0.3 is 5.97 Å². The Bertz CT molecular complexity index is 440. The highest BCUT2D eigenvalue weighted by molar-refractivity contribution is 9.10. The normalized spacial score (nSPS) is 14.5. The Hall–Kier alpha value is -1.23. The molecule has 0 radical (unpaired) electrons. The molecule has 5 heteroatoms. The molecule has 1 fully saturated rings. The number of carboxylic acid groups (broad SMARTS) is 1. The molecule has 0 heterocycles. The summed E-state index contributed by atoms with van der Waals surface area (Å²) >= 11 is 3.28. The lowest BCUT2D eigenvalue weighted by Gasteiger charge is -2.12. The van der Waals surface area contributed by atoms with Gasteiger partial charge in [0.1, 0.15) is 0 Å². The molecule has 4 nitrogen and oxygen atoms in total. The van der Waals surface area contributed by atoms with Crippen LogP contribution in [0.5, 0.6) is 11.5 Å². The van der Waals surface area contributed by atoms with Crippen molar-refractivity contribution in [1.82, 2.24) is 0 Å². The number of benzene rings is 1. The molecule has 0 aliphatic heterocycles. The molecule has 1 aliphatic carbocycles. The molecular formula is C12H13BrO4. The maximum Gasteiger partial charge on any atom is 0.335 e. The van der Waals surface area contributed by atoms with Gasteiger partial charge in [0.15, 0.2) is 11.5 Å². The number of carbonyl (C=O) groups is 1. The highest BCUT2D eigenvalue weighted by Gasteiger charge is 2.23. The van der Waals surface area contributed by atoms with Crippen LogP contribution in [-0.4, -0.2) is 24.8 Å². The predicted octanol–water partition coefficient (Wildman–Crippen LogP) is 2.94. The molecule has 17 heavy (non-hydrogen) atoms. The Kier molecular flexibility index (Phi) is 3.57. The van der Waals surface area contributed by atoms with E-state index in [4.69, 9.17) is 14.6 Å². The van der Waals surface area contributed by atoms with Crippen LogP contribution in [0, 0.1) is 5.92 Å². The SMILES string of the molecule is COc1c(Br)cc(C(=O)O)cc1OCC1CC1. The van der Waals surface area contributed by atoms with Crippen molar-refractivity contribution >= 4 is 21.9 Å². The fourth-order valence-electron chi connectivity index (χ4n) is 1.49. The average molecular weight is 301 g/mol. The first-order valence-electron chi connectivity index (χ1n) is 5.35. The van der Waals surface area contributed by atoms with Gasteiger partial charge in [0.05, 0.1) is 23.8 Å². The summed E-state index contributed by atoms with van der Waals surface area (Å²) in [6.45, 7) is 0.617. The molecule has 1 saturated carbocycles. The monoisotopic (exact) mass is 300 g/mol. The van der Waals surface area contributed by atoms with E-state index in [1.807, 2.05) is 0 Å². The number of hydrogen-bond acceptors (Lipinski definition) is 3. The maximum atomic E-state index is 10.9. The van der Waals surface area contributed by atoms with Crippen LogP contribution < -0.4 is 9.47 Å². The predicted molar refractivity (Wildman–Crippen MR) is 65.9 cm³/mol. The van der Waals surface area contributed by atoms with Crippen LogP contribution in [0.15, 0.2) is 16.6 Å². The van der Waals surface area contributed by atoms with Crippen LogP contribution in [0.25, 0.3) is 0 Å². The van der Waals surface area contributed by atoms with Crippen molar-refractivity contribution in [1.29, 1.82) is 0 Å². The van der Waals surface area contributed by atoms with Crippen molar-refractivity contribution in [3.8, 4) is 11.5 Å². The van der Waals surface area contributed by atoms with Crippen molar-refractivity contribution in [2.45, 2.75) is 12.8 Å². The van der Waals surface area contributed by atoms with Gasteiger partial charge in [0.2, 0.25) is 0 Å². The highest BCUT2D eigenvalue weighted by atomic mass is 79.9. The Morgan fingerprint density at radius 2 is 2.24 bits per heavy atom. The molecule has 0 amide bonds. The number of aromatic carboxylic acids is 1. The molecular weight excluding hydrogens is 288 g/mol. The summed E-state index contributed by atoms with van der Waals surface area (Å²) in [7, 11) is 1.53. The van der Waals surface area contributed by atoms with Gasteiger partial charge in [0, 0.05) is 0 Å². The molecule has 0 atom stereocenters. The zero-order valence-corrected chi connectivity index (χ0v) is 11.0. The summed E-state index contributed by atoms with van der Waals surface area (Å²) in [5, 5.41) is 8.97. The molecule has 1 aromatic carbocycles. The lowest BCUT2D eigenvalue weighted by Crippen LogP contribution is -2.04. The Morgan fingerprint density at radius 1 is 1.53 bits per heavy atom. The summed E-state index contributed by atoms with van der Waals surface area (Å²) in [6.07, 6.45) is 2.37. The molecule has 1 aromatic rings. The third-order valence-corrected chi connectivity index (χ3v) is 3.22. The second kappa shape index (κ2) is 4.96. The van der Waals surface area contributed by atoms with Crippen molar-refractivity contribution in [3.63, 3.8) is 0 Å². The van der Waals surface area contributed by atoms with E-state index >= 15 is 0 Å². The summed E-state index contributed by atoms with van der Waals surface area (Å²) < 4.78 is 11.4. The van der Waals surface area contributed by atoms with Gasteiger partial charge in [-0.05, 0) is 46.8 Å². The molecule has 0 saturated heterocycles. The lowest BCUT2D eigenvalue weighted by atomic mass is 10.2. The second-order valence-corrected chi connectivity index (χ2v) is 4.90. The minimum absolute atomic E-state index is 0.184. The van der Waals surface area contributed by atoms with Gasteiger partial charge in [-0.25, -0.2) is 4.79 Å². The minimum Gasteiger partial charge on any atom is -0.492 e. The van der Waals surface area contributed by atoms with Gasteiger partial charge in [-0.15, -0.1) is 0 Å². The smallest absolute Gasteiger partial charge is 0.335 e. The first kappa shape index (κ1) is 12.2. The van der Waals surface area contributed by atoms with Crippen molar-refractivity contribution < 1.29 is 19.4 Å². The summed E-state index contributed by atoms with van der Waals surface area (Å²) in [5.41, 5.74) is 0.184. The van der Waals surface area contributed by atoms with E-state index in [9.17, 15) is 4.79 Å². The number of ether oxygens (including phenoxy) is 2. The largest absolute Gasteiger partial charge is 0.492 e. The highest BCUT2D eigenvalue weighted by Crippen LogP contribution is 2.38. The van der Waals surface area contributed by atoms with Crippen LogP contribution in [0.3, 0.4) is 0 Å². The standard InChI is InChI=1S/C12H13BrO4/c1-16-11-9(13)4-8(12(14)15)5-10(11)17-6-7-2-3-7/h4-5,7H,2-3,6H2,1H3,(H,14,15). The van der Waals surface area contributed by atoms with Crippen molar-refractivity contribution in [2.75, 3.05) is 13.7 Å². The van der Waals surface area contributed by atoms with E-state index in [1.165, 1.54) is 32.1 Å². The minimum atomic E-state index is -0.982. The summed E-state index contributed by atoms with van der Waals surface area (Å²) in [6, 6.07) is 3.00. The molecule has 1 N–H and O–H groups in total. The van der Waals surface area contributed by atoms with E-state index in [1.54, 1.807) is 0 Å². The van der Waals surface area contributed by atoms with Crippen molar-refractivity contribution in [2.24, 2.45) is 5.92 Å². The first-order valence-corrected chi connectivity index (χ1v) is 6.14. The van der Waals surface area contributed by atoms with Gasteiger partial charge < -0.3 is 14.6 Å². The Balaban J connectivity index is 2.27. The van der Waals surface area contributed by atoms with E-state index in [0.29, 0.717) is 28.5 Å². The van der Waals surface area contributed by atoms with E-state index in [2.05, 4.69) is 15.9 Å². The van der Waals surface area contributed by atoms with Gasteiger partial charge in [-0.2, -0.15) is 0 Å². The Labute approximate surface area is 108 Å². The fourth-order valence-corrected chi connectivity index (χ4v) is 2.09. The van der Waals surface area contributed by atoms with Gasteiger partial charge in [-0.3, -0.25) is 0 Å². The van der Waals surface area contributed by atoms with Gasteiger partial charge in [-0.1, -0.05) is 0 Å². The number of halogens is 1. The topological polar surface area (TPSA) is 55.8 Å². The third-order valence-electron chi connectivity index (χ3n) is 2.63. The zero-order chi connectivity index (χ0) is 12.4. The van der Waals surface area contributed by atoms with Crippen LogP contribution in [-0.2, 0) is 0 Å². The summed E-state index contributed by atoms with van der Waals surface area (Å²) in [5.74, 6) is 0.637. The van der Waals surface area contributed by atoms with Crippen LogP contribution in [0.2, 0.25) is 0 Å².